The van der Waals surface area contributed by atoms with E-state index in [9.17, 15) is 9.59 Å². The molecule has 4 aromatic rings. The van der Waals surface area contributed by atoms with Gasteiger partial charge in [0.25, 0.3) is 5.56 Å². The summed E-state index contributed by atoms with van der Waals surface area (Å²) in [6.45, 7) is 5.41. The fraction of sp³-hybridized carbons (Fsp3) is 0.320. The molecular weight excluding hydrogens is 438 g/mol. The average molecular weight is 464 g/mol. The van der Waals surface area contributed by atoms with Crippen LogP contribution in [0.4, 0.5) is 5.69 Å². The number of piperazine rings is 1. The molecule has 170 valence electrons. The minimum absolute atomic E-state index is 0.0560. The molecule has 5 rings (SSSR count). The predicted octanol–water partition coefficient (Wildman–Crippen LogP) is 3.76. The Bertz CT molecular complexity index is 1380. The predicted molar refractivity (Wildman–Crippen MR) is 132 cm³/mol. The summed E-state index contributed by atoms with van der Waals surface area (Å²) in [6.07, 6.45) is 2.63. The molecule has 1 fully saturated rings. The van der Waals surface area contributed by atoms with Gasteiger partial charge in [0.1, 0.15) is 12.1 Å². The van der Waals surface area contributed by atoms with Crippen LogP contribution in [-0.2, 0) is 17.9 Å². The zero-order valence-electron chi connectivity index (χ0n) is 18.6. The second-order valence-corrected chi connectivity index (χ2v) is 8.82. The van der Waals surface area contributed by atoms with Crippen LogP contribution < -0.4 is 10.5 Å². The monoisotopic (exact) mass is 463 g/mol. The summed E-state index contributed by atoms with van der Waals surface area (Å²) in [5.74, 6) is -0.0900. The highest BCUT2D eigenvalue weighted by molar-refractivity contribution is 6.30. The number of carbonyl (C=O) groups is 1. The molecule has 1 amide bonds. The lowest BCUT2D eigenvalue weighted by Crippen LogP contribution is -2.50. The molecular formula is C25H26ClN5O2. The fourth-order valence-electron chi connectivity index (χ4n) is 4.68. The quantitative estimate of drug-likeness (QED) is 0.452. The van der Waals surface area contributed by atoms with Crippen molar-refractivity contribution in [3.8, 4) is 0 Å². The molecule has 3 heterocycles. The Balaban J connectivity index is 1.37. The first kappa shape index (κ1) is 21.5. The molecule has 1 saturated heterocycles. The molecule has 1 aliphatic rings. The molecule has 8 heteroatoms. The van der Waals surface area contributed by atoms with Crippen LogP contribution in [0.5, 0.6) is 0 Å². The third-order valence-electron chi connectivity index (χ3n) is 6.31. The lowest BCUT2D eigenvalue weighted by Gasteiger charge is -2.36. The van der Waals surface area contributed by atoms with Gasteiger partial charge in [0, 0.05) is 59.7 Å². The first-order valence-corrected chi connectivity index (χ1v) is 11.7. The van der Waals surface area contributed by atoms with Crippen LogP contribution in [0.3, 0.4) is 0 Å². The third kappa shape index (κ3) is 3.97. The van der Waals surface area contributed by atoms with Crippen molar-refractivity contribution in [2.24, 2.45) is 0 Å². The molecule has 0 saturated carbocycles. The summed E-state index contributed by atoms with van der Waals surface area (Å²) in [4.78, 5) is 30.4. The van der Waals surface area contributed by atoms with E-state index in [1.165, 1.54) is 4.68 Å². The van der Waals surface area contributed by atoms with E-state index in [1.54, 1.807) is 11.1 Å². The van der Waals surface area contributed by atoms with Crippen LogP contribution in [0.1, 0.15) is 13.3 Å². The summed E-state index contributed by atoms with van der Waals surface area (Å²) < 4.78 is 3.36. The highest BCUT2D eigenvalue weighted by atomic mass is 35.5. The Morgan fingerprint density at radius 1 is 1.03 bits per heavy atom. The molecule has 0 radical (unpaired) electrons. The van der Waals surface area contributed by atoms with Gasteiger partial charge in [0.15, 0.2) is 0 Å². The highest BCUT2D eigenvalue weighted by Gasteiger charge is 2.23. The number of halogens is 1. The largest absolute Gasteiger partial charge is 0.368 e. The number of aromatic nitrogens is 3. The van der Waals surface area contributed by atoms with Crippen molar-refractivity contribution in [1.82, 2.24) is 19.2 Å². The van der Waals surface area contributed by atoms with E-state index in [0.717, 1.165) is 48.0 Å². The minimum Gasteiger partial charge on any atom is -0.368 e. The Labute approximate surface area is 196 Å². The Kier molecular flexibility index (Phi) is 5.81. The van der Waals surface area contributed by atoms with Crippen molar-refractivity contribution in [2.75, 3.05) is 31.1 Å². The SMILES string of the molecule is CCCn1c2ccccc2c2cnn(CC(=O)N3CCN(c4cccc(Cl)c4)CC3)c(=O)c21. The van der Waals surface area contributed by atoms with Gasteiger partial charge in [-0.15, -0.1) is 0 Å². The van der Waals surface area contributed by atoms with Gasteiger partial charge in [0.2, 0.25) is 5.91 Å². The van der Waals surface area contributed by atoms with Crippen molar-refractivity contribution < 1.29 is 4.79 Å². The number of aryl methyl sites for hydroxylation is 1. The maximum absolute atomic E-state index is 13.4. The van der Waals surface area contributed by atoms with Crippen molar-refractivity contribution in [3.63, 3.8) is 0 Å². The summed E-state index contributed by atoms with van der Waals surface area (Å²) in [5.41, 5.74) is 2.48. The van der Waals surface area contributed by atoms with Crippen molar-refractivity contribution >= 4 is 45.0 Å². The molecule has 2 aromatic heterocycles. The number of benzene rings is 2. The van der Waals surface area contributed by atoms with Gasteiger partial charge < -0.3 is 14.4 Å². The first-order valence-electron chi connectivity index (χ1n) is 11.3. The number of fused-ring (bicyclic) bond motifs is 3. The molecule has 33 heavy (non-hydrogen) atoms. The standard InChI is InChI=1S/C25H26ClN5O2/c1-2-10-30-22-9-4-3-8-20(22)21-16-27-31(25(33)24(21)30)17-23(32)29-13-11-28(12-14-29)19-7-5-6-18(26)15-19/h3-9,15-16H,2,10-14,17H2,1H3. The molecule has 0 aliphatic carbocycles. The number of rotatable bonds is 5. The van der Waals surface area contributed by atoms with Gasteiger partial charge in [-0.1, -0.05) is 42.8 Å². The van der Waals surface area contributed by atoms with Gasteiger partial charge in [-0.05, 0) is 30.7 Å². The molecule has 0 N–H and O–H groups in total. The van der Waals surface area contributed by atoms with Crippen LogP contribution in [0.2, 0.25) is 5.02 Å². The molecule has 0 bridgehead atoms. The van der Waals surface area contributed by atoms with Gasteiger partial charge in [-0.2, -0.15) is 5.10 Å². The van der Waals surface area contributed by atoms with Gasteiger partial charge in [-0.3, -0.25) is 9.59 Å². The van der Waals surface area contributed by atoms with Crippen LogP contribution in [0, 0.1) is 0 Å². The Morgan fingerprint density at radius 3 is 2.58 bits per heavy atom. The van der Waals surface area contributed by atoms with Crippen LogP contribution in [-0.4, -0.2) is 51.3 Å². The lowest BCUT2D eigenvalue weighted by atomic mass is 10.2. The van der Waals surface area contributed by atoms with E-state index in [1.807, 2.05) is 48.5 Å². The first-order chi connectivity index (χ1) is 16.1. The number of amides is 1. The van der Waals surface area contributed by atoms with E-state index in [4.69, 9.17) is 11.6 Å². The van der Waals surface area contributed by atoms with Gasteiger partial charge in [-0.25, -0.2) is 4.68 Å². The highest BCUT2D eigenvalue weighted by Crippen LogP contribution is 2.26. The second kappa shape index (κ2) is 8.90. The summed E-state index contributed by atoms with van der Waals surface area (Å²) >= 11 is 6.11. The molecule has 7 nitrogen and oxygen atoms in total. The van der Waals surface area contributed by atoms with Gasteiger partial charge in [0.05, 0.1) is 6.20 Å². The minimum atomic E-state index is -0.219. The zero-order chi connectivity index (χ0) is 22.9. The van der Waals surface area contributed by atoms with E-state index < -0.39 is 0 Å². The maximum Gasteiger partial charge on any atom is 0.291 e. The number of para-hydroxylation sites is 1. The van der Waals surface area contributed by atoms with E-state index >= 15 is 0 Å². The van der Waals surface area contributed by atoms with Crippen molar-refractivity contribution in [2.45, 2.75) is 26.4 Å². The average Bonchev–Trinajstić information content (AvgIpc) is 3.15. The fourth-order valence-corrected chi connectivity index (χ4v) is 4.86. The van der Waals surface area contributed by atoms with Crippen molar-refractivity contribution in [1.29, 1.82) is 0 Å². The Hall–Kier alpha value is -3.32. The number of anilines is 1. The zero-order valence-corrected chi connectivity index (χ0v) is 19.3. The van der Waals surface area contributed by atoms with Crippen LogP contribution in [0.15, 0.2) is 59.5 Å². The number of carbonyl (C=O) groups excluding carboxylic acids is 1. The Morgan fingerprint density at radius 2 is 1.82 bits per heavy atom. The maximum atomic E-state index is 13.4. The van der Waals surface area contributed by atoms with E-state index in [2.05, 4.69) is 21.5 Å². The molecule has 0 atom stereocenters. The topological polar surface area (TPSA) is 63.4 Å². The molecule has 1 aliphatic heterocycles. The lowest BCUT2D eigenvalue weighted by molar-refractivity contribution is -0.132. The van der Waals surface area contributed by atoms with Crippen LogP contribution >= 0.6 is 11.6 Å². The summed E-state index contributed by atoms with van der Waals surface area (Å²) in [5, 5.41) is 6.91. The van der Waals surface area contributed by atoms with E-state index in [-0.39, 0.29) is 18.0 Å². The number of nitrogens with zero attached hydrogens (tertiary/aromatic N) is 5. The van der Waals surface area contributed by atoms with Gasteiger partial charge >= 0.3 is 0 Å². The van der Waals surface area contributed by atoms with E-state index in [0.29, 0.717) is 23.6 Å². The second-order valence-electron chi connectivity index (χ2n) is 8.39. The van der Waals surface area contributed by atoms with Crippen molar-refractivity contribution in [3.05, 3.63) is 70.1 Å². The number of hydrogen-bond acceptors (Lipinski definition) is 4. The molecule has 0 spiro atoms. The molecule has 0 unspecified atom stereocenters. The number of hydrogen-bond donors (Lipinski definition) is 0. The molecule has 2 aromatic carbocycles. The normalized spacial score (nSPS) is 14.4. The van der Waals surface area contributed by atoms with Crippen LogP contribution in [0.25, 0.3) is 21.8 Å². The third-order valence-corrected chi connectivity index (χ3v) is 6.55. The summed E-state index contributed by atoms with van der Waals surface area (Å²) in [6, 6.07) is 15.7. The summed E-state index contributed by atoms with van der Waals surface area (Å²) in [7, 11) is 0. The smallest absolute Gasteiger partial charge is 0.291 e.